The molecule has 5 heteroatoms. The number of aryl methyl sites for hydroxylation is 1. The van der Waals surface area contributed by atoms with Gasteiger partial charge in [-0.1, -0.05) is 6.92 Å². The zero-order valence-corrected chi connectivity index (χ0v) is 8.77. The predicted molar refractivity (Wildman–Crippen MR) is 54.6 cm³/mol. The molecule has 0 bridgehead atoms. The second-order valence-electron chi connectivity index (χ2n) is 3.63. The van der Waals surface area contributed by atoms with Gasteiger partial charge in [0.2, 0.25) is 0 Å². The normalized spacial score (nSPS) is 18.9. The Morgan fingerprint density at radius 2 is 2.60 bits per heavy atom. The van der Waals surface area contributed by atoms with Gasteiger partial charge in [0.25, 0.3) is 5.91 Å². The first kappa shape index (κ1) is 10.2. The predicted octanol–water partition coefficient (Wildman–Crippen LogP) is 0.422. The van der Waals surface area contributed by atoms with Gasteiger partial charge in [-0.25, -0.2) is 0 Å². The van der Waals surface area contributed by atoms with Crippen LogP contribution in [-0.2, 0) is 11.3 Å². The largest absolute Gasteiger partial charge is 0.371 e. The highest BCUT2D eigenvalue weighted by Gasteiger charge is 2.23. The minimum atomic E-state index is -0.125. The van der Waals surface area contributed by atoms with Crippen LogP contribution in [0.4, 0.5) is 0 Å². The second kappa shape index (κ2) is 4.44. The summed E-state index contributed by atoms with van der Waals surface area (Å²) in [6, 6.07) is 1.73. The van der Waals surface area contributed by atoms with Crippen molar-refractivity contribution in [3.63, 3.8) is 0 Å². The summed E-state index contributed by atoms with van der Waals surface area (Å²) in [5.74, 6) is -0.125. The van der Waals surface area contributed by atoms with Crippen LogP contribution in [0, 0.1) is 0 Å². The van der Waals surface area contributed by atoms with E-state index in [0.717, 1.165) is 19.6 Å². The van der Waals surface area contributed by atoms with Crippen LogP contribution >= 0.6 is 0 Å². The second-order valence-corrected chi connectivity index (χ2v) is 3.63. The Kier molecular flexibility index (Phi) is 3.01. The van der Waals surface area contributed by atoms with E-state index in [9.17, 15) is 4.79 Å². The summed E-state index contributed by atoms with van der Waals surface area (Å²) < 4.78 is 6.78. The quantitative estimate of drug-likeness (QED) is 0.715. The molecule has 0 spiro atoms. The minimum Gasteiger partial charge on any atom is -0.371 e. The van der Waals surface area contributed by atoms with Crippen molar-refractivity contribution in [2.75, 3.05) is 13.2 Å². The van der Waals surface area contributed by atoms with Crippen molar-refractivity contribution in [3.05, 3.63) is 18.0 Å². The molecule has 1 aliphatic heterocycles. The Hall–Kier alpha value is -1.36. The van der Waals surface area contributed by atoms with Crippen molar-refractivity contribution in [2.45, 2.75) is 26.0 Å². The topological polar surface area (TPSA) is 59.5 Å². The number of hydrogen-bond acceptors (Lipinski definition) is 3. The van der Waals surface area contributed by atoms with Crippen molar-refractivity contribution in [2.24, 2.45) is 0 Å². The van der Waals surface area contributed by atoms with Crippen molar-refractivity contribution >= 4 is 5.91 Å². The molecule has 1 atom stereocenters. The number of carbonyl (C=O) groups is 1. The molecule has 0 aliphatic carbocycles. The van der Waals surface area contributed by atoms with Crippen LogP contribution in [0.5, 0.6) is 0 Å². The molecule has 0 unspecified atom stereocenters. The summed E-state index contributed by atoms with van der Waals surface area (Å²) in [5.41, 5.74) is 0.476. The molecular weight excluding hydrogens is 194 g/mol. The molecule has 1 saturated heterocycles. The molecule has 1 aliphatic rings. The average molecular weight is 209 g/mol. The number of epoxide rings is 1. The fraction of sp³-hybridized carbons (Fsp3) is 0.600. The number of rotatable bonds is 5. The highest BCUT2D eigenvalue weighted by atomic mass is 16.6. The van der Waals surface area contributed by atoms with E-state index in [1.807, 2.05) is 6.20 Å². The zero-order chi connectivity index (χ0) is 10.7. The molecule has 1 aromatic heterocycles. The van der Waals surface area contributed by atoms with Crippen LogP contribution in [0.25, 0.3) is 0 Å². The van der Waals surface area contributed by atoms with Crippen molar-refractivity contribution in [3.8, 4) is 0 Å². The lowest BCUT2D eigenvalue weighted by Gasteiger charge is -1.99. The average Bonchev–Trinajstić information content (AvgIpc) is 2.94. The van der Waals surface area contributed by atoms with Crippen molar-refractivity contribution in [1.29, 1.82) is 0 Å². The number of aromatic nitrogens is 2. The molecule has 1 N–H and O–H groups in total. The first-order valence-electron chi connectivity index (χ1n) is 5.23. The number of nitrogens with zero attached hydrogens (tertiary/aromatic N) is 2. The van der Waals surface area contributed by atoms with Gasteiger partial charge in [-0.3, -0.25) is 9.48 Å². The van der Waals surface area contributed by atoms with Crippen molar-refractivity contribution < 1.29 is 9.53 Å². The van der Waals surface area contributed by atoms with E-state index in [-0.39, 0.29) is 12.0 Å². The highest BCUT2D eigenvalue weighted by Crippen LogP contribution is 2.06. The molecular formula is C10H15N3O2. The third-order valence-corrected chi connectivity index (χ3v) is 2.22. The summed E-state index contributed by atoms with van der Waals surface area (Å²) in [6.45, 7) is 4.26. The third-order valence-electron chi connectivity index (χ3n) is 2.22. The number of nitrogens with one attached hydrogen (secondary N) is 1. The third kappa shape index (κ3) is 2.79. The first-order chi connectivity index (χ1) is 7.29. The smallest absolute Gasteiger partial charge is 0.271 e. The fourth-order valence-electron chi connectivity index (χ4n) is 1.32. The molecule has 2 rings (SSSR count). The summed E-state index contributed by atoms with van der Waals surface area (Å²) in [4.78, 5) is 11.6. The van der Waals surface area contributed by atoms with E-state index >= 15 is 0 Å². The molecule has 2 heterocycles. The lowest BCUT2D eigenvalue weighted by molar-refractivity contribution is 0.0944. The molecule has 5 nitrogen and oxygen atoms in total. The molecule has 15 heavy (non-hydrogen) atoms. The van der Waals surface area contributed by atoms with Crippen LogP contribution in [-0.4, -0.2) is 34.9 Å². The molecule has 0 radical (unpaired) electrons. The Labute approximate surface area is 88.4 Å². The number of hydrogen-bond donors (Lipinski definition) is 1. The number of carbonyl (C=O) groups excluding carboxylic acids is 1. The monoisotopic (exact) mass is 209 g/mol. The standard InChI is InChI=1S/C10H15N3O2/c1-2-4-13-5-3-9(12-13)10(14)11-6-8-7-15-8/h3,5,8H,2,4,6-7H2,1H3,(H,11,14)/t8-/m0/s1. The molecule has 82 valence electrons. The maximum Gasteiger partial charge on any atom is 0.271 e. The van der Waals surface area contributed by atoms with Crippen LogP contribution in [0.3, 0.4) is 0 Å². The van der Waals surface area contributed by atoms with Gasteiger partial charge in [-0.2, -0.15) is 5.10 Å². The van der Waals surface area contributed by atoms with E-state index in [2.05, 4.69) is 17.3 Å². The van der Waals surface area contributed by atoms with Gasteiger partial charge in [0.1, 0.15) is 5.69 Å². The van der Waals surface area contributed by atoms with E-state index in [1.54, 1.807) is 10.7 Å². The number of amides is 1. The molecule has 0 aromatic carbocycles. The molecule has 1 amide bonds. The van der Waals surface area contributed by atoms with Crippen LogP contribution < -0.4 is 5.32 Å². The summed E-state index contributed by atoms with van der Waals surface area (Å²) in [5, 5.41) is 6.94. The summed E-state index contributed by atoms with van der Waals surface area (Å²) >= 11 is 0. The van der Waals surface area contributed by atoms with Gasteiger partial charge >= 0.3 is 0 Å². The highest BCUT2D eigenvalue weighted by molar-refractivity contribution is 5.92. The lowest BCUT2D eigenvalue weighted by Crippen LogP contribution is -2.27. The molecule has 1 aromatic rings. The lowest BCUT2D eigenvalue weighted by atomic mass is 10.4. The van der Waals surface area contributed by atoms with Gasteiger partial charge in [-0.15, -0.1) is 0 Å². The molecule has 0 saturated carbocycles. The van der Waals surface area contributed by atoms with Gasteiger partial charge in [0.05, 0.1) is 12.7 Å². The Bertz CT molecular complexity index is 344. The van der Waals surface area contributed by atoms with Crippen LogP contribution in [0.15, 0.2) is 12.3 Å². The van der Waals surface area contributed by atoms with Crippen molar-refractivity contribution in [1.82, 2.24) is 15.1 Å². The number of ether oxygens (including phenoxy) is 1. The maximum atomic E-state index is 11.6. The summed E-state index contributed by atoms with van der Waals surface area (Å²) in [6.07, 6.45) is 3.05. The Morgan fingerprint density at radius 3 is 3.27 bits per heavy atom. The Balaban J connectivity index is 1.86. The Morgan fingerprint density at radius 1 is 1.80 bits per heavy atom. The van der Waals surface area contributed by atoms with E-state index in [1.165, 1.54) is 0 Å². The maximum absolute atomic E-state index is 11.6. The van der Waals surface area contributed by atoms with Gasteiger partial charge < -0.3 is 10.1 Å². The van der Waals surface area contributed by atoms with Gasteiger partial charge in [-0.05, 0) is 12.5 Å². The van der Waals surface area contributed by atoms with Gasteiger partial charge in [0, 0.05) is 19.3 Å². The van der Waals surface area contributed by atoms with Crippen LogP contribution in [0.1, 0.15) is 23.8 Å². The first-order valence-corrected chi connectivity index (χ1v) is 5.23. The fourth-order valence-corrected chi connectivity index (χ4v) is 1.32. The zero-order valence-electron chi connectivity index (χ0n) is 8.77. The SMILES string of the molecule is CCCn1ccc(C(=O)NC[C@H]2CO2)n1. The van der Waals surface area contributed by atoms with E-state index in [0.29, 0.717) is 12.2 Å². The van der Waals surface area contributed by atoms with Gasteiger partial charge in [0.15, 0.2) is 0 Å². The summed E-state index contributed by atoms with van der Waals surface area (Å²) in [7, 11) is 0. The van der Waals surface area contributed by atoms with E-state index in [4.69, 9.17) is 4.74 Å². The van der Waals surface area contributed by atoms with Crippen LogP contribution in [0.2, 0.25) is 0 Å². The minimum absolute atomic E-state index is 0.125. The molecule has 1 fully saturated rings. The van der Waals surface area contributed by atoms with E-state index < -0.39 is 0 Å².